The lowest BCUT2D eigenvalue weighted by molar-refractivity contribution is 0.104. The molecule has 4 aromatic carbocycles. The summed E-state index contributed by atoms with van der Waals surface area (Å²) in [5.41, 5.74) is 4.02. The van der Waals surface area contributed by atoms with Gasteiger partial charge in [0.15, 0.2) is 5.78 Å². The number of ketones is 1. The Hall–Kier alpha value is -3.49. The van der Waals surface area contributed by atoms with Gasteiger partial charge in [0.25, 0.3) is 0 Å². The zero-order valence-electron chi connectivity index (χ0n) is 15.5. The van der Waals surface area contributed by atoms with Crippen LogP contribution < -0.4 is 0 Å². The molecule has 0 fully saturated rings. The summed E-state index contributed by atoms with van der Waals surface area (Å²) in [7, 11) is 0. The van der Waals surface area contributed by atoms with Crippen molar-refractivity contribution < 1.29 is 4.79 Å². The second-order valence-corrected chi connectivity index (χ2v) is 7.40. The highest BCUT2D eigenvalue weighted by atomic mass is 35.5. The second kappa shape index (κ2) is 7.16. The van der Waals surface area contributed by atoms with Crippen LogP contribution >= 0.6 is 11.6 Å². The lowest BCUT2D eigenvalue weighted by Gasteiger charge is -2.10. The van der Waals surface area contributed by atoms with Gasteiger partial charge in [0.05, 0.1) is 5.52 Å². The van der Waals surface area contributed by atoms with Gasteiger partial charge in [0.1, 0.15) is 0 Å². The minimum Gasteiger partial charge on any atom is -0.289 e. The summed E-state index contributed by atoms with van der Waals surface area (Å²) in [6.45, 7) is 0. The molecule has 5 rings (SSSR count). The van der Waals surface area contributed by atoms with Crippen molar-refractivity contribution in [3.05, 3.63) is 113 Å². The summed E-state index contributed by atoms with van der Waals surface area (Å²) in [5.74, 6) is -0.0369. The molecule has 0 spiro atoms. The van der Waals surface area contributed by atoms with Gasteiger partial charge < -0.3 is 0 Å². The van der Waals surface area contributed by atoms with E-state index in [0.29, 0.717) is 16.1 Å². The van der Waals surface area contributed by atoms with Crippen molar-refractivity contribution in [1.29, 1.82) is 0 Å². The van der Waals surface area contributed by atoms with E-state index in [2.05, 4.69) is 4.98 Å². The van der Waals surface area contributed by atoms with Crippen LogP contribution in [0, 0.1) is 0 Å². The highest BCUT2D eigenvalue weighted by Crippen LogP contribution is 2.32. The monoisotopic (exact) mass is 393 g/mol. The summed E-state index contributed by atoms with van der Waals surface area (Å²) >= 11 is 6.33. The Morgan fingerprint density at radius 1 is 0.759 bits per heavy atom. The van der Waals surface area contributed by atoms with Crippen molar-refractivity contribution in [3.8, 4) is 11.1 Å². The molecule has 0 radical (unpaired) electrons. The Morgan fingerprint density at radius 2 is 1.52 bits per heavy atom. The third-order valence-corrected chi connectivity index (χ3v) is 5.36. The first kappa shape index (κ1) is 17.6. The number of hydrogen-bond acceptors (Lipinski definition) is 2. The lowest BCUT2D eigenvalue weighted by atomic mass is 9.95. The molecule has 0 saturated heterocycles. The Balaban J connectivity index is 1.70. The lowest BCUT2D eigenvalue weighted by Crippen LogP contribution is -2.03. The number of pyridine rings is 1. The van der Waals surface area contributed by atoms with Crippen LogP contribution in [0.5, 0.6) is 0 Å². The number of carbonyl (C=O) groups excluding carboxylic acids is 1. The molecule has 29 heavy (non-hydrogen) atoms. The van der Waals surface area contributed by atoms with E-state index < -0.39 is 0 Å². The first-order chi connectivity index (χ1) is 14.2. The zero-order valence-corrected chi connectivity index (χ0v) is 16.2. The Morgan fingerprint density at radius 3 is 2.38 bits per heavy atom. The molecule has 0 N–H and O–H groups in total. The molecule has 0 saturated carbocycles. The summed E-state index contributed by atoms with van der Waals surface area (Å²) < 4.78 is 0. The second-order valence-electron chi connectivity index (χ2n) is 6.97. The van der Waals surface area contributed by atoms with Crippen LogP contribution in [-0.2, 0) is 0 Å². The number of halogens is 1. The van der Waals surface area contributed by atoms with Crippen molar-refractivity contribution in [2.24, 2.45) is 0 Å². The zero-order chi connectivity index (χ0) is 19.8. The maximum absolute atomic E-state index is 13.4. The van der Waals surface area contributed by atoms with E-state index in [0.717, 1.165) is 32.8 Å². The molecule has 0 aliphatic carbocycles. The Bertz CT molecular complexity index is 1370. The minimum atomic E-state index is -0.0369. The van der Waals surface area contributed by atoms with Crippen molar-refractivity contribution in [3.63, 3.8) is 0 Å². The number of nitrogens with zero attached hydrogens (tertiary/aromatic N) is 1. The maximum atomic E-state index is 13.4. The molecule has 0 atom stereocenters. The van der Waals surface area contributed by atoms with Crippen molar-refractivity contribution in [1.82, 2.24) is 4.98 Å². The average Bonchev–Trinajstić information content (AvgIpc) is 2.78. The summed E-state index contributed by atoms with van der Waals surface area (Å²) in [6.07, 6.45) is 1.64. The molecule has 1 aromatic heterocycles. The smallest absolute Gasteiger partial charge is 0.195 e. The molecular weight excluding hydrogens is 378 g/mol. The van der Waals surface area contributed by atoms with Crippen LogP contribution in [0.25, 0.3) is 32.8 Å². The van der Waals surface area contributed by atoms with E-state index in [4.69, 9.17) is 11.6 Å². The molecule has 3 heteroatoms. The highest BCUT2D eigenvalue weighted by Gasteiger charge is 2.15. The third-order valence-electron chi connectivity index (χ3n) is 5.15. The molecule has 2 nitrogen and oxygen atoms in total. The summed E-state index contributed by atoms with van der Waals surface area (Å²) in [4.78, 5) is 17.9. The quantitative estimate of drug-likeness (QED) is 0.311. The van der Waals surface area contributed by atoms with Gasteiger partial charge in [-0.15, -0.1) is 0 Å². The average molecular weight is 394 g/mol. The number of fused-ring (bicyclic) bond motifs is 2. The van der Waals surface area contributed by atoms with Gasteiger partial charge in [-0.1, -0.05) is 84.4 Å². The minimum absolute atomic E-state index is 0.0369. The maximum Gasteiger partial charge on any atom is 0.195 e. The van der Waals surface area contributed by atoms with Gasteiger partial charge >= 0.3 is 0 Å². The number of aromatic nitrogens is 1. The fourth-order valence-electron chi connectivity index (χ4n) is 3.75. The molecule has 5 aromatic rings. The van der Waals surface area contributed by atoms with E-state index in [-0.39, 0.29) is 5.78 Å². The molecule has 0 unspecified atom stereocenters. The predicted molar refractivity (Wildman–Crippen MR) is 120 cm³/mol. The molecule has 0 aliphatic heterocycles. The van der Waals surface area contributed by atoms with Crippen molar-refractivity contribution in [2.75, 3.05) is 0 Å². The van der Waals surface area contributed by atoms with Crippen LogP contribution in [0.3, 0.4) is 0 Å². The number of benzene rings is 4. The SMILES string of the molecule is O=C(c1cnc2cc(Cl)cc(-c3ccccc3)c2c1)c1cccc2ccccc12. The van der Waals surface area contributed by atoms with E-state index in [9.17, 15) is 4.79 Å². The van der Waals surface area contributed by atoms with Gasteiger partial charge in [-0.05, 0) is 40.1 Å². The van der Waals surface area contributed by atoms with E-state index in [1.807, 2.05) is 91.0 Å². The fraction of sp³-hybridized carbons (Fsp3) is 0. The van der Waals surface area contributed by atoms with Crippen LogP contribution in [-0.4, -0.2) is 10.8 Å². The number of hydrogen-bond donors (Lipinski definition) is 0. The van der Waals surface area contributed by atoms with Crippen molar-refractivity contribution >= 4 is 39.1 Å². The van der Waals surface area contributed by atoms with Crippen LogP contribution in [0.4, 0.5) is 0 Å². The van der Waals surface area contributed by atoms with Gasteiger partial charge in [0.2, 0.25) is 0 Å². The van der Waals surface area contributed by atoms with Crippen LogP contribution in [0.2, 0.25) is 5.02 Å². The molecule has 0 bridgehead atoms. The number of rotatable bonds is 3. The normalized spacial score (nSPS) is 11.1. The van der Waals surface area contributed by atoms with E-state index in [1.165, 1.54) is 0 Å². The highest BCUT2D eigenvalue weighted by molar-refractivity contribution is 6.32. The molecule has 1 heterocycles. The first-order valence-electron chi connectivity index (χ1n) is 9.38. The van der Waals surface area contributed by atoms with Gasteiger partial charge in [-0.3, -0.25) is 9.78 Å². The van der Waals surface area contributed by atoms with Crippen LogP contribution in [0.15, 0.2) is 97.2 Å². The Kier molecular flexibility index (Phi) is 4.34. The largest absolute Gasteiger partial charge is 0.289 e. The van der Waals surface area contributed by atoms with Crippen LogP contribution in [0.1, 0.15) is 15.9 Å². The Labute approximate surface area is 173 Å². The van der Waals surface area contributed by atoms with Gasteiger partial charge in [-0.25, -0.2) is 0 Å². The standard InChI is InChI=1S/C26H16ClNO/c27-20-14-23(18-7-2-1-3-8-18)24-13-19(16-28-25(24)15-20)26(29)22-12-6-10-17-9-4-5-11-21(17)22/h1-16H. The predicted octanol–water partition coefficient (Wildman–Crippen LogP) is 6.94. The topological polar surface area (TPSA) is 30.0 Å². The summed E-state index contributed by atoms with van der Waals surface area (Å²) in [5, 5.41) is 3.52. The first-order valence-corrected chi connectivity index (χ1v) is 9.76. The fourth-order valence-corrected chi connectivity index (χ4v) is 3.97. The summed E-state index contributed by atoms with van der Waals surface area (Å²) in [6, 6.07) is 29.4. The molecular formula is C26H16ClNO. The van der Waals surface area contributed by atoms with Crippen molar-refractivity contribution in [2.45, 2.75) is 0 Å². The third kappa shape index (κ3) is 3.18. The molecule has 0 aliphatic rings. The van der Waals surface area contributed by atoms with Gasteiger partial charge in [-0.2, -0.15) is 0 Å². The molecule has 0 amide bonds. The van der Waals surface area contributed by atoms with E-state index >= 15 is 0 Å². The van der Waals surface area contributed by atoms with Gasteiger partial charge in [0, 0.05) is 27.7 Å². The number of carbonyl (C=O) groups is 1. The van der Waals surface area contributed by atoms with E-state index in [1.54, 1.807) is 6.20 Å². The molecule has 138 valence electrons.